The maximum atomic E-state index is 13.8. The van der Waals surface area contributed by atoms with Gasteiger partial charge in [0.2, 0.25) is 0 Å². The molecule has 1 aliphatic rings. The molecular formula is C13H12FN. The van der Waals surface area contributed by atoms with Crippen molar-refractivity contribution in [3.05, 3.63) is 66.4 Å². The van der Waals surface area contributed by atoms with Gasteiger partial charge in [-0.05, 0) is 24.1 Å². The van der Waals surface area contributed by atoms with Gasteiger partial charge in [-0.3, -0.25) is 0 Å². The fraction of sp³-hybridized carbons (Fsp3) is 0.0769. The highest BCUT2D eigenvalue weighted by atomic mass is 19.2. The van der Waals surface area contributed by atoms with Crippen molar-refractivity contribution in [3.8, 4) is 0 Å². The van der Waals surface area contributed by atoms with Crippen LogP contribution >= 0.6 is 0 Å². The number of allylic oxidation sites excluding steroid dienone is 4. The Morgan fingerprint density at radius 2 is 2.00 bits per heavy atom. The van der Waals surface area contributed by atoms with Gasteiger partial charge in [0.1, 0.15) is 0 Å². The van der Waals surface area contributed by atoms with Gasteiger partial charge in [-0.1, -0.05) is 47.5 Å². The van der Waals surface area contributed by atoms with E-state index in [2.05, 4.69) is 6.58 Å². The van der Waals surface area contributed by atoms with Crippen LogP contribution in [0.15, 0.2) is 60.8 Å². The van der Waals surface area contributed by atoms with Crippen molar-refractivity contribution in [1.29, 1.82) is 0 Å². The SMILES string of the molecule is C=C1/C=C\C=C/Cc2ccccc2N1F. The molecule has 0 unspecified atom stereocenters. The van der Waals surface area contributed by atoms with Crippen molar-refractivity contribution in [3.63, 3.8) is 0 Å². The van der Waals surface area contributed by atoms with Gasteiger partial charge in [0.15, 0.2) is 0 Å². The van der Waals surface area contributed by atoms with E-state index in [1.165, 1.54) is 0 Å². The Hall–Kier alpha value is -1.83. The van der Waals surface area contributed by atoms with Crippen LogP contribution in [0.2, 0.25) is 0 Å². The summed E-state index contributed by atoms with van der Waals surface area (Å²) in [5, 5.41) is 0.624. The predicted molar refractivity (Wildman–Crippen MR) is 61.2 cm³/mol. The molecule has 76 valence electrons. The minimum atomic E-state index is 0.342. The van der Waals surface area contributed by atoms with Crippen LogP contribution in [0.4, 0.5) is 10.2 Å². The molecule has 0 bridgehead atoms. The normalized spacial score (nSPS) is 19.8. The molecule has 0 N–H and O–H groups in total. The van der Waals surface area contributed by atoms with Crippen molar-refractivity contribution < 1.29 is 4.48 Å². The average molecular weight is 201 g/mol. The monoisotopic (exact) mass is 201 g/mol. The second-order valence-electron chi connectivity index (χ2n) is 3.39. The molecule has 0 saturated heterocycles. The Morgan fingerprint density at radius 1 is 1.20 bits per heavy atom. The lowest BCUT2D eigenvalue weighted by Gasteiger charge is -2.16. The maximum absolute atomic E-state index is 13.8. The maximum Gasteiger partial charge on any atom is 0.0781 e. The van der Waals surface area contributed by atoms with Crippen LogP contribution < -0.4 is 5.12 Å². The lowest BCUT2D eigenvalue weighted by Crippen LogP contribution is -2.10. The van der Waals surface area contributed by atoms with Gasteiger partial charge in [-0.25, -0.2) is 0 Å². The third kappa shape index (κ3) is 1.99. The molecule has 0 aliphatic carbocycles. The average Bonchev–Trinajstić information content (AvgIpc) is 2.33. The van der Waals surface area contributed by atoms with E-state index in [-0.39, 0.29) is 0 Å². The first-order valence-electron chi connectivity index (χ1n) is 4.85. The Bertz CT molecular complexity index is 432. The zero-order valence-electron chi connectivity index (χ0n) is 8.36. The lowest BCUT2D eigenvalue weighted by molar-refractivity contribution is 0.485. The number of rotatable bonds is 0. The number of hydrogen-bond acceptors (Lipinski definition) is 1. The largest absolute Gasteiger partial charge is 0.180 e. The molecule has 0 aromatic heterocycles. The summed E-state index contributed by atoms with van der Waals surface area (Å²) in [5.41, 5.74) is 1.87. The van der Waals surface area contributed by atoms with Crippen LogP contribution in [0, 0.1) is 0 Å². The molecule has 0 amide bonds. The number of fused-ring (bicyclic) bond motifs is 1. The molecule has 1 aromatic rings. The molecule has 0 atom stereocenters. The van der Waals surface area contributed by atoms with E-state index >= 15 is 0 Å². The molecule has 0 fully saturated rings. The van der Waals surface area contributed by atoms with Crippen LogP contribution in [0.1, 0.15) is 5.56 Å². The molecule has 2 rings (SSSR count). The molecule has 1 aliphatic heterocycles. The molecule has 1 aromatic carbocycles. The van der Waals surface area contributed by atoms with Gasteiger partial charge in [-0.15, -0.1) is 0 Å². The Balaban J connectivity index is 2.48. The number of para-hydroxylation sites is 1. The topological polar surface area (TPSA) is 3.24 Å². The summed E-state index contributed by atoms with van der Waals surface area (Å²) in [6.45, 7) is 3.67. The first-order chi connectivity index (χ1) is 7.29. The number of halogens is 1. The lowest BCUT2D eigenvalue weighted by atomic mass is 10.1. The third-order valence-corrected chi connectivity index (χ3v) is 2.33. The quantitative estimate of drug-likeness (QED) is 0.580. The second-order valence-corrected chi connectivity index (χ2v) is 3.39. The molecule has 1 heterocycles. The van der Waals surface area contributed by atoms with Gasteiger partial charge in [-0.2, -0.15) is 5.12 Å². The zero-order valence-corrected chi connectivity index (χ0v) is 8.36. The number of nitrogens with zero attached hydrogens (tertiary/aromatic N) is 1. The third-order valence-electron chi connectivity index (χ3n) is 2.33. The zero-order chi connectivity index (χ0) is 10.7. The highest BCUT2D eigenvalue weighted by molar-refractivity contribution is 5.57. The van der Waals surface area contributed by atoms with Crippen LogP contribution in [-0.2, 0) is 6.42 Å². The van der Waals surface area contributed by atoms with Crippen molar-refractivity contribution in [1.82, 2.24) is 0 Å². The molecule has 1 nitrogen and oxygen atoms in total. The van der Waals surface area contributed by atoms with Crippen molar-refractivity contribution in [2.75, 3.05) is 5.12 Å². The van der Waals surface area contributed by atoms with E-state index in [0.717, 1.165) is 12.0 Å². The Morgan fingerprint density at radius 3 is 2.87 bits per heavy atom. The minimum absolute atomic E-state index is 0.342. The van der Waals surface area contributed by atoms with E-state index in [4.69, 9.17) is 0 Å². The summed E-state index contributed by atoms with van der Waals surface area (Å²) in [6.07, 6.45) is 8.08. The highest BCUT2D eigenvalue weighted by Crippen LogP contribution is 2.25. The molecule has 0 saturated carbocycles. The summed E-state index contributed by atoms with van der Waals surface area (Å²) in [7, 11) is 0. The Labute approximate surface area is 88.8 Å². The van der Waals surface area contributed by atoms with Crippen molar-refractivity contribution in [2.24, 2.45) is 0 Å². The van der Waals surface area contributed by atoms with E-state index in [1.807, 2.05) is 30.4 Å². The molecule has 2 heteroatoms. The van der Waals surface area contributed by atoms with Gasteiger partial charge in [0.25, 0.3) is 0 Å². The van der Waals surface area contributed by atoms with E-state index in [1.54, 1.807) is 18.2 Å². The second kappa shape index (κ2) is 4.13. The summed E-state index contributed by atoms with van der Waals surface area (Å²) in [6, 6.07) is 7.41. The number of hydrogen-bond donors (Lipinski definition) is 0. The standard InChI is InChI=1S/C13H12FN/c1-11-7-3-2-4-8-12-9-5-6-10-13(12)15(11)14/h2-7,9-10H,1,8H2/b4-2-,7-3-. The molecule has 0 radical (unpaired) electrons. The fourth-order valence-electron chi connectivity index (χ4n) is 1.54. The van der Waals surface area contributed by atoms with Gasteiger partial charge in [0.05, 0.1) is 11.4 Å². The van der Waals surface area contributed by atoms with Crippen molar-refractivity contribution in [2.45, 2.75) is 6.42 Å². The molecule has 15 heavy (non-hydrogen) atoms. The smallest absolute Gasteiger partial charge is 0.0781 e. The first kappa shape index (κ1) is 9.71. The van der Waals surface area contributed by atoms with E-state index in [9.17, 15) is 4.48 Å². The van der Waals surface area contributed by atoms with Gasteiger partial charge in [0, 0.05) is 0 Å². The van der Waals surface area contributed by atoms with Crippen LogP contribution in [0.25, 0.3) is 0 Å². The van der Waals surface area contributed by atoms with E-state index in [0.29, 0.717) is 16.5 Å². The summed E-state index contributed by atoms with van der Waals surface area (Å²) >= 11 is 0. The van der Waals surface area contributed by atoms with Crippen LogP contribution in [0.3, 0.4) is 0 Å². The fourth-order valence-corrected chi connectivity index (χ4v) is 1.54. The predicted octanol–water partition coefficient (Wildman–Crippen LogP) is 3.56. The van der Waals surface area contributed by atoms with Crippen LogP contribution in [-0.4, -0.2) is 0 Å². The van der Waals surface area contributed by atoms with Gasteiger partial charge < -0.3 is 0 Å². The molecular weight excluding hydrogens is 189 g/mol. The van der Waals surface area contributed by atoms with Gasteiger partial charge >= 0.3 is 0 Å². The number of anilines is 1. The minimum Gasteiger partial charge on any atom is -0.180 e. The number of benzene rings is 1. The molecule has 0 spiro atoms. The summed E-state index contributed by atoms with van der Waals surface area (Å²) in [4.78, 5) is 0. The highest BCUT2D eigenvalue weighted by Gasteiger charge is 2.11. The van der Waals surface area contributed by atoms with Crippen molar-refractivity contribution >= 4 is 5.69 Å². The summed E-state index contributed by atoms with van der Waals surface area (Å²) < 4.78 is 13.8. The van der Waals surface area contributed by atoms with Crippen LogP contribution in [0.5, 0.6) is 0 Å². The first-order valence-corrected chi connectivity index (χ1v) is 4.85. The summed E-state index contributed by atoms with van der Waals surface area (Å²) in [5.74, 6) is 0. The van der Waals surface area contributed by atoms with E-state index < -0.39 is 0 Å². The Kier molecular flexibility index (Phi) is 2.68.